The van der Waals surface area contributed by atoms with Crippen LogP contribution in [0.2, 0.25) is 0 Å². The first-order chi connectivity index (χ1) is 11.0. The molecule has 23 heavy (non-hydrogen) atoms. The maximum absolute atomic E-state index is 14.0. The predicted molar refractivity (Wildman–Crippen MR) is 76.3 cm³/mol. The van der Waals surface area contributed by atoms with Crippen LogP contribution in [-0.4, -0.2) is 33.5 Å². The number of nitriles is 1. The molecule has 1 fully saturated rings. The number of β-amino-alcohol motifs (C(OH)–C–C–N with tert-alkyl or cyclic N) is 1. The molecule has 2 unspecified atom stereocenters. The number of aliphatic hydroxyl groups is 1. The van der Waals surface area contributed by atoms with E-state index in [-0.39, 0.29) is 29.8 Å². The zero-order chi connectivity index (χ0) is 16.6. The lowest BCUT2D eigenvalue weighted by atomic mass is 10.0. The Kier molecular flexibility index (Phi) is 3.84. The second kappa shape index (κ2) is 5.82. The summed E-state index contributed by atoms with van der Waals surface area (Å²) in [6.07, 6.45) is 0.688. The summed E-state index contributed by atoms with van der Waals surface area (Å²) >= 11 is 0. The molecule has 1 aliphatic heterocycles. The van der Waals surface area contributed by atoms with E-state index in [0.717, 1.165) is 18.2 Å². The maximum atomic E-state index is 14.0. The van der Waals surface area contributed by atoms with Gasteiger partial charge in [0.15, 0.2) is 0 Å². The van der Waals surface area contributed by atoms with Gasteiger partial charge in [0.2, 0.25) is 0 Å². The SMILES string of the molecule is N#Cc1cc(C(=O)N2CC(O)CC2c2cc(F)ccc2F)c[nH]1. The number of halogens is 2. The van der Waals surface area contributed by atoms with Crippen molar-refractivity contribution in [3.8, 4) is 6.07 Å². The molecule has 1 aromatic carbocycles. The Labute approximate surface area is 130 Å². The second-order valence-electron chi connectivity index (χ2n) is 5.44. The van der Waals surface area contributed by atoms with Gasteiger partial charge in [-0.15, -0.1) is 0 Å². The third kappa shape index (κ3) is 2.81. The van der Waals surface area contributed by atoms with E-state index in [1.54, 1.807) is 0 Å². The van der Waals surface area contributed by atoms with E-state index < -0.39 is 29.7 Å². The molecule has 5 nitrogen and oxygen atoms in total. The van der Waals surface area contributed by atoms with Gasteiger partial charge in [0.1, 0.15) is 23.4 Å². The number of aromatic nitrogens is 1. The van der Waals surface area contributed by atoms with E-state index in [2.05, 4.69) is 4.98 Å². The fraction of sp³-hybridized carbons (Fsp3) is 0.250. The molecule has 118 valence electrons. The number of carbonyl (C=O) groups excluding carboxylic acids is 1. The van der Waals surface area contributed by atoms with Gasteiger partial charge in [-0.1, -0.05) is 0 Å². The van der Waals surface area contributed by atoms with Gasteiger partial charge >= 0.3 is 0 Å². The van der Waals surface area contributed by atoms with Crippen molar-refractivity contribution in [1.29, 1.82) is 5.26 Å². The molecule has 1 aromatic heterocycles. The number of nitrogens with one attached hydrogen (secondary N) is 1. The molecule has 3 rings (SSSR count). The molecule has 2 N–H and O–H groups in total. The number of H-pyrrole nitrogens is 1. The lowest BCUT2D eigenvalue weighted by Crippen LogP contribution is -2.32. The van der Waals surface area contributed by atoms with Crippen LogP contribution in [0.15, 0.2) is 30.5 Å². The molecule has 1 saturated heterocycles. The summed E-state index contributed by atoms with van der Waals surface area (Å²) in [6, 6.07) is 5.54. The molecule has 0 saturated carbocycles. The van der Waals surface area contributed by atoms with Gasteiger partial charge in [-0.25, -0.2) is 8.78 Å². The fourth-order valence-corrected chi connectivity index (χ4v) is 2.85. The fourth-order valence-electron chi connectivity index (χ4n) is 2.85. The van der Waals surface area contributed by atoms with Crippen LogP contribution in [0.4, 0.5) is 8.78 Å². The largest absolute Gasteiger partial charge is 0.391 e. The lowest BCUT2D eigenvalue weighted by molar-refractivity contribution is 0.0714. The van der Waals surface area contributed by atoms with Crippen molar-refractivity contribution in [3.05, 3.63) is 58.9 Å². The number of benzene rings is 1. The van der Waals surface area contributed by atoms with Crippen LogP contribution in [-0.2, 0) is 0 Å². The average molecular weight is 317 g/mol. The van der Waals surface area contributed by atoms with Crippen LogP contribution in [0.1, 0.15) is 34.1 Å². The van der Waals surface area contributed by atoms with Gasteiger partial charge in [-0.2, -0.15) is 5.26 Å². The molecular formula is C16H13F2N3O2. The first-order valence-corrected chi connectivity index (χ1v) is 7.02. The van der Waals surface area contributed by atoms with Crippen molar-refractivity contribution in [3.63, 3.8) is 0 Å². The van der Waals surface area contributed by atoms with Gasteiger partial charge in [0, 0.05) is 18.3 Å². The van der Waals surface area contributed by atoms with Crippen LogP contribution in [0.25, 0.3) is 0 Å². The van der Waals surface area contributed by atoms with Crippen molar-refractivity contribution in [2.75, 3.05) is 6.54 Å². The number of aromatic amines is 1. The summed E-state index contributed by atoms with van der Waals surface area (Å²) in [5.74, 6) is -1.69. The summed E-state index contributed by atoms with van der Waals surface area (Å²) < 4.78 is 27.4. The topological polar surface area (TPSA) is 80.1 Å². The molecule has 2 heterocycles. The van der Waals surface area contributed by atoms with Crippen LogP contribution in [0.5, 0.6) is 0 Å². The van der Waals surface area contributed by atoms with E-state index >= 15 is 0 Å². The third-order valence-corrected chi connectivity index (χ3v) is 3.91. The molecule has 0 bridgehead atoms. The number of carbonyl (C=O) groups is 1. The molecule has 0 radical (unpaired) electrons. The first-order valence-electron chi connectivity index (χ1n) is 7.02. The zero-order valence-electron chi connectivity index (χ0n) is 12.0. The first kappa shape index (κ1) is 15.2. The van der Waals surface area contributed by atoms with Crippen molar-refractivity contribution in [2.24, 2.45) is 0 Å². The van der Waals surface area contributed by atoms with E-state index in [9.17, 15) is 18.7 Å². The minimum Gasteiger partial charge on any atom is -0.391 e. The van der Waals surface area contributed by atoms with E-state index in [4.69, 9.17) is 5.26 Å². The minimum atomic E-state index is -0.819. The molecule has 1 aliphatic rings. The Balaban J connectivity index is 1.95. The summed E-state index contributed by atoms with van der Waals surface area (Å²) in [6.45, 7) is 0.0204. The van der Waals surface area contributed by atoms with Crippen molar-refractivity contribution in [2.45, 2.75) is 18.6 Å². The number of likely N-dealkylation sites (tertiary alicyclic amines) is 1. The maximum Gasteiger partial charge on any atom is 0.256 e. The molecule has 2 aromatic rings. The highest BCUT2D eigenvalue weighted by Gasteiger charge is 2.37. The Morgan fingerprint density at radius 1 is 1.39 bits per heavy atom. The highest BCUT2D eigenvalue weighted by atomic mass is 19.1. The second-order valence-corrected chi connectivity index (χ2v) is 5.44. The summed E-state index contributed by atoms with van der Waals surface area (Å²) in [7, 11) is 0. The van der Waals surface area contributed by atoms with E-state index in [0.29, 0.717) is 0 Å². The number of hydrogen-bond acceptors (Lipinski definition) is 3. The number of amides is 1. The average Bonchev–Trinajstić information content (AvgIpc) is 3.15. The molecule has 0 spiro atoms. The van der Waals surface area contributed by atoms with Gasteiger partial charge in [0.25, 0.3) is 5.91 Å². The van der Waals surface area contributed by atoms with Gasteiger partial charge < -0.3 is 15.0 Å². The highest BCUT2D eigenvalue weighted by molar-refractivity contribution is 5.95. The summed E-state index contributed by atoms with van der Waals surface area (Å²) in [5.41, 5.74) is 0.491. The summed E-state index contributed by atoms with van der Waals surface area (Å²) in [4.78, 5) is 16.5. The Hall–Kier alpha value is -2.72. The normalized spacial score (nSPS) is 20.5. The number of nitrogens with zero attached hydrogens (tertiary/aromatic N) is 2. The molecule has 7 heteroatoms. The van der Waals surface area contributed by atoms with Crippen LogP contribution < -0.4 is 0 Å². The van der Waals surface area contributed by atoms with Crippen LogP contribution >= 0.6 is 0 Å². The van der Waals surface area contributed by atoms with Crippen LogP contribution in [0, 0.1) is 23.0 Å². The van der Waals surface area contributed by atoms with Gasteiger partial charge in [-0.05, 0) is 30.7 Å². The quantitative estimate of drug-likeness (QED) is 0.890. The Bertz CT molecular complexity index is 797. The lowest BCUT2D eigenvalue weighted by Gasteiger charge is -2.24. The van der Waals surface area contributed by atoms with Gasteiger partial charge in [-0.3, -0.25) is 4.79 Å². The van der Waals surface area contributed by atoms with Crippen molar-refractivity contribution in [1.82, 2.24) is 9.88 Å². The smallest absolute Gasteiger partial charge is 0.256 e. The molecule has 2 atom stereocenters. The Morgan fingerprint density at radius 3 is 2.87 bits per heavy atom. The van der Waals surface area contributed by atoms with Crippen LogP contribution in [0.3, 0.4) is 0 Å². The van der Waals surface area contributed by atoms with E-state index in [1.165, 1.54) is 17.2 Å². The van der Waals surface area contributed by atoms with E-state index in [1.807, 2.05) is 6.07 Å². The number of rotatable bonds is 2. The minimum absolute atomic E-state index is 0.0204. The van der Waals surface area contributed by atoms with Gasteiger partial charge in [0.05, 0.1) is 17.7 Å². The highest BCUT2D eigenvalue weighted by Crippen LogP contribution is 2.35. The number of aliphatic hydroxyl groups excluding tert-OH is 1. The Morgan fingerprint density at radius 2 is 2.17 bits per heavy atom. The monoisotopic (exact) mass is 317 g/mol. The number of hydrogen-bond donors (Lipinski definition) is 2. The molecule has 0 aliphatic carbocycles. The molecular weight excluding hydrogens is 304 g/mol. The van der Waals surface area contributed by atoms with Crippen molar-refractivity contribution >= 4 is 5.91 Å². The third-order valence-electron chi connectivity index (χ3n) is 3.91. The molecule has 1 amide bonds. The zero-order valence-corrected chi connectivity index (χ0v) is 12.0. The predicted octanol–water partition coefficient (Wildman–Crippen LogP) is 2.11. The standard InChI is InChI=1S/C16H13F2N3O2/c17-10-1-2-14(18)13(4-10)15-5-12(22)8-21(15)16(23)9-3-11(6-19)20-7-9/h1-4,7,12,15,20,22H,5,8H2. The van der Waals surface area contributed by atoms with Crippen molar-refractivity contribution < 1.29 is 18.7 Å². The summed E-state index contributed by atoms with van der Waals surface area (Å²) in [5, 5.41) is 18.7.